The van der Waals surface area contributed by atoms with Crippen LogP contribution in [0, 0.1) is 0 Å². The van der Waals surface area contributed by atoms with Crippen LogP contribution in [0.3, 0.4) is 0 Å². The fraction of sp³-hybridized carbons (Fsp3) is 0.588. The molecule has 0 aromatic heterocycles. The number of rotatable bonds is 5. The second-order valence-corrected chi connectivity index (χ2v) is 5.40. The van der Waals surface area contributed by atoms with Gasteiger partial charge in [-0.25, -0.2) is 0 Å². The maximum atomic E-state index is 12.2. The van der Waals surface area contributed by atoms with Gasteiger partial charge in [-0.05, 0) is 43.2 Å². The molecular formula is C17H25NO2. The molecule has 1 saturated heterocycles. The summed E-state index contributed by atoms with van der Waals surface area (Å²) in [6, 6.07) is 6.25. The van der Waals surface area contributed by atoms with Crippen LogP contribution in [0.4, 0.5) is 5.69 Å². The number of carbonyl (C=O) groups excluding carboxylic acids is 1. The molecule has 2 rings (SSSR count). The third kappa shape index (κ3) is 3.83. The van der Waals surface area contributed by atoms with E-state index in [4.69, 9.17) is 4.74 Å². The van der Waals surface area contributed by atoms with E-state index >= 15 is 0 Å². The standard InChI is InChI=1S/C17H25NO2/c1-3-13-8-7-9-14(4-2)17(13)18-16(19)12-15-10-5-6-11-20-15/h7-9,15H,3-6,10-12H2,1-2H3,(H,18,19). The first-order chi connectivity index (χ1) is 9.74. The average molecular weight is 275 g/mol. The van der Waals surface area contributed by atoms with Gasteiger partial charge in [0.05, 0.1) is 12.5 Å². The molecule has 3 nitrogen and oxygen atoms in total. The lowest BCUT2D eigenvalue weighted by Crippen LogP contribution is -2.26. The van der Waals surface area contributed by atoms with E-state index in [0.717, 1.165) is 38.0 Å². The Balaban J connectivity index is 2.02. The van der Waals surface area contributed by atoms with E-state index in [-0.39, 0.29) is 12.0 Å². The van der Waals surface area contributed by atoms with E-state index in [1.807, 2.05) is 0 Å². The minimum absolute atomic E-state index is 0.0764. The minimum Gasteiger partial charge on any atom is -0.378 e. The number of hydrogen-bond donors (Lipinski definition) is 1. The second-order valence-electron chi connectivity index (χ2n) is 5.40. The molecule has 1 aliphatic rings. The van der Waals surface area contributed by atoms with Crippen molar-refractivity contribution in [2.75, 3.05) is 11.9 Å². The van der Waals surface area contributed by atoms with Gasteiger partial charge in [0.25, 0.3) is 0 Å². The van der Waals surface area contributed by atoms with Crippen molar-refractivity contribution < 1.29 is 9.53 Å². The lowest BCUT2D eigenvalue weighted by molar-refractivity contribution is -0.119. The molecule has 1 aromatic carbocycles. The summed E-state index contributed by atoms with van der Waals surface area (Å²) in [6.45, 7) is 5.03. The molecule has 1 N–H and O–H groups in total. The van der Waals surface area contributed by atoms with Gasteiger partial charge in [0, 0.05) is 12.3 Å². The van der Waals surface area contributed by atoms with Crippen LogP contribution in [0.15, 0.2) is 18.2 Å². The molecule has 0 radical (unpaired) electrons. The smallest absolute Gasteiger partial charge is 0.227 e. The molecule has 1 aliphatic heterocycles. The van der Waals surface area contributed by atoms with E-state index < -0.39 is 0 Å². The van der Waals surface area contributed by atoms with Crippen molar-refractivity contribution in [1.82, 2.24) is 0 Å². The molecule has 0 spiro atoms. The third-order valence-electron chi connectivity index (χ3n) is 3.95. The van der Waals surface area contributed by atoms with Gasteiger partial charge in [0.2, 0.25) is 5.91 Å². The van der Waals surface area contributed by atoms with E-state index in [2.05, 4.69) is 37.4 Å². The first kappa shape index (κ1) is 15.0. The Morgan fingerprint density at radius 2 is 1.95 bits per heavy atom. The van der Waals surface area contributed by atoms with Crippen molar-refractivity contribution in [1.29, 1.82) is 0 Å². The minimum atomic E-state index is 0.0764. The largest absolute Gasteiger partial charge is 0.378 e. The highest BCUT2D eigenvalue weighted by molar-refractivity contribution is 5.92. The third-order valence-corrected chi connectivity index (χ3v) is 3.95. The van der Waals surface area contributed by atoms with Gasteiger partial charge in [-0.1, -0.05) is 32.0 Å². The Morgan fingerprint density at radius 3 is 2.50 bits per heavy atom. The predicted octanol–water partition coefficient (Wildman–Crippen LogP) is 3.71. The van der Waals surface area contributed by atoms with Gasteiger partial charge < -0.3 is 10.1 Å². The zero-order valence-electron chi connectivity index (χ0n) is 12.6. The van der Waals surface area contributed by atoms with E-state index in [1.54, 1.807) is 0 Å². The number of aryl methyl sites for hydroxylation is 2. The molecule has 20 heavy (non-hydrogen) atoms. The number of nitrogens with one attached hydrogen (secondary N) is 1. The maximum Gasteiger partial charge on any atom is 0.227 e. The van der Waals surface area contributed by atoms with E-state index in [9.17, 15) is 4.79 Å². The molecule has 3 heteroatoms. The Bertz CT molecular complexity index is 428. The first-order valence-corrected chi connectivity index (χ1v) is 7.76. The maximum absolute atomic E-state index is 12.2. The number of ether oxygens (including phenoxy) is 1. The lowest BCUT2D eigenvalue weighted by atomic mass is 10.0. The number of benzene rings is 1. The van der Waals surface area contributed by atoms with Crippen LogP contribution in [0.2, 0.25) is 0 Å². The van der Waals surface area contributed by atoms with Crippen molar-refractivity contribution in [3.63, 3.8) is 0 Å². The zero-order chi connectivity index (χ0) is 14.4. The molecule has 1 atom stereocenters. The van der Waals surface area contributed by atoms with Crippen LogP contribution < -0.4 is 5.32 Å². The fourth-order valence-corrected chi connectivity index (χ4v) is 2.77. The Kier molecular flexibility index (Phi) is 5.60. The summed E-state index contributed by atoms with van der Waals surface area (Å²) in [7, 11) is 0. The highest BCUT2D eigenvalue weighted by Crippen LogP contribution is 2.23. The highest BCUT2D eigenvalue weighted by atomic mass is 16.5. The van der Waals surface area contributed by atoms with Crippen molar-refractivity contribution in [2.45, 2.75) is 58.5 Å². The number of anilines is 1. The summed E-state index contributed by atoms with van der Waals surface area (Å²) in [6.07, 6.45) is 5.74. The fourth-order valence-electron chi connectivity index (χ4n) is 2.77. The van der Waals surface area contributed by atoms with Gasteiger partial charge >= 0.3 is 0 Å². The zero-order valence-corrected chi connectivity index (χ0v) is 12.6. The summed E-state index contributed by atoms with van der Waals surface area (Å²) in [5.74, 6) is 0.0764. The average Bonchev–Trinajstić information content (AvgIpc) is 2.48. The number of amides is 1. The van der Waals surface area contributed by atoms with Gasteiger partial charge in [-0.3, -0.25) is 4.79 Å². The molecule has 1 fully saturated rings. The quantitative estimate of drug-likeness (QED) is 0.889. The topological polar surface area (TPSA) is 38.3 Å². The molecule has 0 aliphatic carbocycles. The Labute approximate surface area is 121 Å². The summed E-state index contributed by atoms with van der Waals surface area (Å²) in [5, 5.41) is 3.11. The van der Waals surface area contributed by atoms with E-state index in [0.29, 0.717) is 6.42 Å². The monoisotopic (exact) mass is 275 g/mol. The summed E-state index contributed by atoms with van der Waals surface area (Å²) in [5.41, 5.74) is 3.43. The van der Waals surface area contributed by atoms with E-state index in [1.165, 1.54) is 17.5 Å². The molecule has 1 heterocycles. The van der Waals surface area contributed by atoms with Crippen molar-refractivity contribution in [2.24, 2.45) is 0 Å². The summed E-state index contributed by atoms with van der Waals surface area (Å²) < 4.78 is 5.64. The highest BCUT2D eigenvalue weighted by Gasteiger charge is 2.18. The molecular weight excluding hydrogens is 250 g/mol. The number of para-hydroxylation sites is 1. The number of hydrogen-bond acceptors (Lipinski definition) is 2. The molecule has 0 saturated carbocycles. The van der Waals surface area contributed by atoms with Crippen molar-refractivity contribution in [3.8, 4) is 0 Å². The van der Waals surface area contributed by atoms with Crippen LogP contribution in [0.25, 0.3) is 0 Å². The molecule has 1 unspecified atom stereocenters. The Hall–Kier alpha value is -1.35. The molecule has 1 amide bonds. The first-order valence-electron chi connectivity index (χ1n) is 7.76. The SMILES string of the molecule is CCc1cccc(CC)c1NC(=O)CC1CCCCO1. The number of carbonyl (C=O) groups is 1. The molecule has 110 valence electrons. The second kappa shape index (κ2) is 7.44. The summed E-state index contributed by atoms with van der Waals surface area (Å²) >= 11 is 0. The van der Waals surface area contributed by atoms with Gasteiger partial charge in [0.1, 0.15) is 0 Å². The van der Waals surface area contributed by atoms with Gasteiger partial charge in [-0.2, -0.15) is 0 Å². The van der Waals surface area contributed by atoms with Crippen molar-refractivity contribution in [3.05, 3.63) is 29.3 Å². The normalized spacial score (nSPS) is 18.8. The van der Waals surface area contributed by atoms with Gasteiger partial charge in [0.15, 0.2) is 0 Å². The molecule has 0 bridgehead atoms. The summed E-state index contributed by atoms with van der Waals surface area (Å²) in [4.78, 5) is 12.2. The van der Waals surface area contributed by atoms with Crippen LogP contribution in [0.5, 0.6) is 0 Å². The lowest BCUT2D eigenvalue weighted by Gasteiger charge is -2.22. The van der Waals surface area contributed by atoms with Crippen LogP contribution in [-0.4, -0.2) is 18.6 Å². The molecule has 1 aromatic rings. The van der Waals surface area contributed by atoms with Crippen LogP contribution in [-0.2, 0) is 22.4 Å². The van der Waals surface area contributed by atoms with Crippen LogP contribution in [0.1, 0.15) is 50.7 Å². The van der Waals surface area contributed by atoms with Crippen molar-refractivity contribution >= 4 is 11.6 Å². The van der Waals surface area contributed by atoms with Gasteiger partial charge in [-0.15, -0.1) is 0 Å². The van der Waals surface area contributed by atoms with Crippen LogP contribution >= 0.6 is 0 Å². The predicted molar refractivity (Wildman–Crippen MR) is 82.0 cm³/mol. The Morgan fingerprint density at radius 1 is 1.25 bits per heavy atom.